The number of alkyl halides is 3. The van der Waals surface area contributed by atoms with Gasteiger partial charge in [0.2, 0.25) is 5.91 Å². The van der Waals surface area contributed by atoms with E-state index in [0.717, 1.165) is 44.4 Å². The fraction of sp³-hybridized carbons (Fsp3) is 0.211. The second-order valence-electron chi connectivity index (χ2n) is 6.05. The number of thioether (sulfide) groups is 1. The summed E-state index contributed by atoms with van der Waals surface area (Å²) in [4.78, 5) is 37.3. The van der Waals surface area contributed by atoms with Crippen LogP contribution in [0.4, 0.5) is 36.8 Å². The van der Waals surface area contributed by atoms with Crippen molar-refractivity contribution in [1.82, 2.24) is 4.90 Å². The quantitative estimate of drug-likeness (QED) is 0.345. The van der Waals surface area contributed by atoms with E-state index in [9.17, 15) is 40.7 Å². The van der Waals surface area contributed by atoms with Crippen molar-refractivity contribution >= 4 is 35.3 Å². The summed E-state index contributed by atoms with van der Waals surface area (Å²) in [7, 11) is 1.07. The number of hydrogen-bond donors (Lipinski definition) is 0. The maximum atomic E-state index is 14.5. The highest BCUT2D eigenvalue weighted by Gasteiger charge is 2.36. The monoisotopic (exact) mass is 480 g/mol. The third kappa shape index (κ3) is 5.79. The molecule has 4 amide bonds. The third-order valence-electron chi connectivity index (χ3n) is 3.82. The van der Waals surface area contributed by atoms with Crippen molar-refractivity contribution < 1.29 is 45.5 Å². The van der Waals surface area contributed by atoms with Gasteiger partial charge in [-0.3, -0.25) is 14.5 Å². The van der Waals surface area contributed by atoms with E-state index < -0.39 is 75.4 Å². The van der Waals surface area contributed by atoms with Gasteiger partial charge in [0, 0.05) is 18.9 Å². The highest BCUT2D eigenvalue weighted by molar-refractivity contribution is 8.00. The molecule has 0 aliphatic carbocycles. The van der Waals surface area contributed by atoms with Crippen LogP contribution in [0.1, 0.15) is 17.3 Å². The topological polar surface area (TPSA) is 66.9 Å². The Morgan fingerprint density at radius 3 is 2.06 bits per heavy atom. The molecular formula is C19H14F6N2O4S. The first-order valence-corrected chi connectivity index (χ1v) is 9.33. The third-order valence-corrected chi connectivity index (χ3v) is 4.54. The molecule has 0 aliphatic heterocycles. The first-order chi connectivity index (χ1) is 14.9. The molecule has 0 spiro atoms. The molecule has 0 radical (unpaired) electrons. The zero-order valence-electron chi connectivity index (χ0n) is 16.4. The fourth-order valence-corrected chi connectivity index (χ4v) is 3.13. The number of carbonyl (C=O) groups excluding carboxylic acids is 3. The molecular weight excluding hydrogens is 466 g/mol. The number of nitrogens with zero attached hydrogens (tertiary/aromatic N) is 2. The zero-order chi connectivity index (χ0) is 24.2. The van der Waals surface area contributed by atoms with Gasteiger partial charge >= 0.3 is 11.5 Å². The van der Waals surface area contributed by atoms with Crippen LogP contribution >= 0.6 is 11.8 Å². The Balaban J connectivity index is 2.48. The number of imide groups is 3. The number of hydrogen-bond acceptors (Lipinski definition) is 5. The molecule has 6 nitrogen and oxygen atoms in total. The van der Waals surface area contributed by atoms with Gasteiger partial charge in [-0.15, -0.1) is 0 Å². The molecule has 0 N–H and O–H groups in total. The Morgan fingerprint density at radius 1 is 1.00 bits per heavy atom. The van der Waals surface area contributed by atoms with Gasteiger partial charge in [0.1, 0.15) is 29.7 Å². The van der Waals surface area contributed by atoms with Gasteiger partial charge in [0.05, 0.1) is 5.69 Å². The van der Waals surface area contributed by atoms with Crippen LogP contribution in [0, 0.1) is 17.5 Å². The number of amides is 4. The van der Waals surface area contributed by atoms with Gasteiger partial charge in [-0.2, -0.15) is 18.1 Å². The molecule has 32 heavy (non-hydrogen) atoms. The van der Waals surface area contributed by atoms with E-state index in [-0.39, 0.29) is 4.90 Å². The van der Waals surface area contributed by atoms with E-state index in [1.807, 2.05) is 0 Å². The van der Waals surface area contributed by atoms with Gasteiger partial charge in [-0.05, 0) is 42.1 Å². The molecule has 172 valence electrons. The standard InChI is InChI=1S/C19H14F6N2O4S/c1-10(28)27(17(29)16-12(20)4-3-5-13(16)21)18(30)26(9-31-2)15-7-6-11(8-14(15)22)32-19(23,24)25/h3-8H,9H2,1-2H3. The highest BCUT2D eigenvalue weighted by Crippen LogP contribution is 2.38. The van der Waals surface area contributed by atoms with Crippen LogP contribution in [-0.4, -0.2) is 42.1 Å². The molecule has 0 fully saturated rings. The summed E-state index contributed by atoms with van der Waals surface area (Å²) < 4.78 is 84.8. The number of benzene rings is 2. The molecule has 2 aromatic carbocycles. The van der Waals surface area contributed by atoms with E-state index in [0.29, 0.717) is 11.0 Å². The van der Waals surface area contributed by atoms with E-state index >= 15 is 0 Å². The largest absolute Gasteiger partial charge is 0.446 e. The second-order valence-corrected chi connectivity index (χ2v) is 7.18. The lowest BCUT2D eigenvalue weighted by Crippen LogP contribution is -2.50. The molecule has 2 rings (SSSR count). The Kier molecular flexibility index (Phi) is 7.91. The lowest BCUT2D eigenvalue weighted by molar-refractivity contribution is -0.123. The van der Waals surface area contributed by atoms with Crippen molar-refractivity contribution in [2.45, 2.75) is 17.3 Å². The molecule has 0 aromatic heterocycles. The molecule has 0 heterocycles. The number of anilines is 1. The van der Waals surface area contributed by atoms with Crippen molar-refractivity contribution in [3.63, 3.8) is 0 Å². The Hall–Kier alpha value is -3.06. The maximum absolute atomic E-state index is 14.5. The summed E-state index contributed by atoms with van der Waals surface area (Å²) in [6, 6.07) is 3.00. The molecule has 13 heteroatoms. The van der Waals surface area contributed by atoms with Gasteiger partial charge in [0.25, 0.3) is 5.91 Å². The number of rotatable bonds is 5. The molecule has 0 bridgehead atoms. The van der Waals surface area contributed by atoms with Crippen LogP contribution < -0.4 is 4.90 Å². The van der Waals surface area contributed by atoms with Gasteiger partial charge < -0.3 is 4.74 Å². The van der Waals surface area contributed by atoms with Crippen LogP contribution in [0.15, 0.2) is 41.3 Å². The minimum atomic E-state index is -4.70. The van der Waals surface area contributed by atoms with Crippen LogP contribution in [0.5, 0.6) is 0 Å². The van der Waals surface area contributed by atoms with Crippen molar-refractivity contribution in [3.8, 4) is 0 Å². The Labute approximate surface area is 181 Å². The maximum Gasteiger partial charge on any atom is 0.446 e. The number of methoxy groups -OCH3 is 1. The Morgan fingerprint density at radius 2 is 1.59 bits per heavy atom. The molecule has 0 atom stereocenters. The van der Waals surface area contributed by atoms with E-state index in [1.54, 1.807) is 0 Å². The van der Waals surface area contributed by atoms with Gasteiger partial charge in [0.15, 0.2) is 0 Å². The van der Waals surface area contributed by atoms with Crippen LogP contribution in [0.2, 0.25) is 0 Å². The van der Waals surface area contributed by atoms with Crippen LogP contribution in [0.3, 0.4) is 0 Å². The van der Waals surface area contributed by atoms with E-state index in [2.05, 4.69) is 0 Å². The molecule has 0 saturated carbocycles. The fourth-order valence-electron chi connectivity index (χ4n) is 2.56. The predicted octanol–water partition coefficient (Wildman–Crippen LogP) is 4.94. The van der Waals surface area contributed by atoms with Crippen molar-refractivity contribution in [2.75, 3.05) is 18.7 Å². The first-order valence-electron chi connectivity index (χ1n) is 8.52. The smallest absolute Gasteiger partial charge is 0.364 e. The van der Waals surface area contributed by atoms with Crippen molar-refractivity contribution in [3.05, 3.63) is 59.4 Å². The lowest BCUT2D eigenvalue weighted by Gasteiger charge is -2.27. The SMILES string of the molecule is COCN(C(=O)N(C(C)=O)C(=O)c1c(F)cccc1F)c1ccc(SC(F)(F)F)cc1F. The van der Waals surface area contributed by atoms with Gasteiger partial charge in [-0.25, -0.2) is 18.0 Å². The van der Waals surface area contributed by atoms with E-state index in [4.69, 9.17) is 4.74 Å². The van der Waals surface area contributed by atoms with Gasteiger partial charge in [-0.1, -0.05) is 6.07 Å². The molecule has 2 aromatic rings. The normalized spacial score (nSPS) is 11.2. The van der Waals surface area contributed by atoms with Crippen LogP contribution in [0.25, 0.3) is 0 Å². The van der Waals surface area contributed by atoms with Crippen molar-refractivity contribution in [2.24, 2.45) is 0 Å². The molecule has 0 unspecified atom stereocenters. The number of urea groups is 1. The zero-order valence-corrected chi connectivity index (χ0v) is 17.2. The summed E-state index contributed by atoms with van der Waals surface area (Å²) >= 11 is -0.603. The summed E-state index contributed by atoms with van der Waals surface area (Å²) in [6.45, 7) is -0.00269. The number of carbonyl (C=O) groups is 3. The summed E-state index contributed by atoms with van der Waals surface area (Å²) in [5.74, 6) is -6.94. The number of halogens is 6. The minimum absolute atomic E-state index is 0.141. The minimum Gasteiger partial charge on any atom is -0.364 e. The summed E-state index contributed by atoms with van der Waals surface area (Å²) in [5.41, 5.74) is -6.54. The van der Waals surface area contributed by atoms with Crippen LogP contribution in [-0.2, 0) is 9.53 Å². The lowest BCUT2D eigenvalue weighted by atomic mass is 10.1. The van der Waals surface area contributed by atoms with E-state index in [1.165, 1.54) is 0 Å². The average molecular weight is 480 g/mol. The second kappa shape index (κ2) is 10.0. The average Bonchev–Trinajstić information content (AvgIpc) is 2.65. The first kappa shape index (κ1) is 25.2. The predicted molar refractivity (Wildman–Crippen MR) is 101 cm³/mol. The molecule has 0 aliphatic rings. The summed E-state index contributed by atoms with van der Waals surface area (Å²) in [6.07, 6.45) is 0. The number of ether oxygens (including phenoxy) is 1. The Bertz CT molecular complexity index is 1030. The summed E-state index contributed by atoms with van der Waals surface area (Å²) in [5, 5.41) is 0. The highest BCUT2D eigenvalue weighted by atomic mass is 32.2. The molecule has 0 saturated heterocycles. The van der Waals surface area contributed by atoms with Crippen molar-refractivity contribution in [1.29, 1.82) is 0 Å².